The number of carbonyl (C=O) groups is 2. The van der Waals surface area contributed by atoms with Crippen molar-refractivity contribution in [2.45, 2.75) is 45.3 Å². The number of hydrogen-bond donors (Lipinski definition) is 1. The molecule has 0 fully saturated rings. The number of amides is 2. The fraction of sp³-hybridized carbons (Fsp3) is 0.556. The number of benzene rings is 1. The van der Waals surface area contributed by atoms with Crippen molar-refractivity contribution in [3.8, 4) is 0 Å². The summed E-state index contributed by atoms with van der Waals surface area (Å²) in [6.45, 7) is 6.16. The second-order valence-corrected chi connectivity index (χ2v) is 8.31. The molecule has 0 saturated heterocycles. The third kappa shape index (κ3) is 5.89. The maximum Gasteiger partial charge on any atom is 0.407 e. The lowest BCUT2D eigenvalue weighted by Gasteiger charge is -2.29. The number of hydrogen-bond acceptors (Lipinski definition) is 3. The Kier molecular flexibility index (Phi) is 6.74. The van der Waals surface area contributed by atoms with Gasteiger partial charge >= 0.3 is 6.09 Å². The van der Waals surface area contributed by atoms with E-state index in [9.17, 15) is 9.59 Å². The van der Waals surface area contributed by atoms with Crippen molar-refractivity contribution in [2.75, 3.05) is 19.0 Å². The number of alkyl carbamates (subject to hydrolysis) is 1. The van der Waals surface area contributed by atoms with Crippen molar-refractivity contribution in [1.82, 2.24) is 10.2 Å². The molecule has 1 atom stereocenters. The Hall–Kier alpha value is -1.27. The molecule has 5 nitrogen and oxygen atoms in total. The quantitative estimate of drug-likeness (QED) is 0.726. The fourth-order valence-corrected chi connectivity index (χ4v) is 3.53. The molecule has 0 aromatic heterocycles. The van der Waals surface area contributed by atoms with E-state index in [4.69, 9.17) is 16.3 Å². The molecule has 0 saturated carbocycles. The molecule has 0 aliphatic heterocycles. The molecule has 138 valence electrons. The van der Waals surface area contributed by atoms with Gasteiger partial charge in [0.2, 0.25) is 5.91 Å². The molecule has 0 spiro atoms. The number of alkyl halides is 1. The fourth-order valence-electron chi connectivity index (χ4n) is 2.96. The second-order valence-electron chi connectivity index (χ2n) is 7.12. The maximum atomic E-state index is 12.3. The first-order valence-electron chi connectivity index (χ1n) is 8.29. The van der Waals surface area contributed by atoms with E-state index in [1.165, 1.54) is 11.1 Å². The molecule has 0 heterocycles. The average Bonchev–Trinajstić information content (AvgIpc) is 2.91. The second kappa shape index (κ2) is 8.41. The molecule has 0 radical (unpaired) electrons. The predicted molar refractivity (Wildman–Crippen MR) is 102 cm³/mol. The van der Waals surface area contributed by atoms with Crippen LogP contribution in [-0.4, -0.2) is 47.5 Å². The monoisotopic (exact) mass is 430 g/mol. The van der Waals surface area contributed by atoms with Gasteiger partial charge in [-0.3, -0.25) is 4.79 Å². The van der Waals surface area contributed by atoms with Gasteiger partial charge in [0.05, 0.1) is 0 Å². The lowest BCUT2D eigenvalue weighted by molar-refractivity contribution is -0.130. The first-order chi connectivity index (χ1) is 11.7. The molecule has 0 bridgehead atoms. The van der Waals surface area contributed by atoms with Gasteiger partial charge in [0.1, 0.15) is 11.5 Å². The van der Waals surface area contributed by atoms with E-state index in [2.05, 4.69) is 33.4 Å². The number of nitrogens with zero attached hydrogens (tertiary/aromatic N) is 1. The number of rotatable bonds is 5. The third-order valence-corrected chi connectivity index (χ3v) is 4.70. The standard InChI is InChI=1S/C18H24BrClN2O3/c1-18(2,3)25-17(24)21-6-7-22(16(23)11-20)15-9-12-4-5-14(19)8-13(12)10-15/h4-5,8,15H,6-7,9-11H2,1-3H3,(H,21,24). The summed E-state index contributed by atoms with van der Waals surface area (Å²) >= 11 is 9.26. The molecule has 1 aliphatic rings. The first-order valence-corrected chi connectivity index (χ1v) is 9.62. The molecule has 1 N–H and O–H groups in total. The van der Waals surface area contributed by atoms with Crippen LogP contribution in [0, 0.1) is 0 Å². The summed E-state index contributed by atoms with van der Waals surface area (Å²) < 4.78 is 6.25. The minimum Gasteiger partial charge on any atom is -0.444 e. The summed E-state index contributed by atoms with van der Waals surface area (Å²) in [6, 6.07) is 6.26. The molecular formula is C18H24BrClN2O3. The molecule has 1 aromatic rings. The van der Waals surface area contributed by atoms with Crippen molar-refractivity contribution in [1.29, 1.82) is 0 Å². The van der Waals surface area contributed by atoms with Crippen LogP contribution >= 0.6 is 27.5 Å². The van der Waals surface area contributed by atoms with E-state index >= 15 is 0 Å². The van der Waals surface area contributed by atoms with Gasteiger partial charge in [0.15, 0.2) is 0 Å². The zero-order valence-corrected chi connectivity index (χ0v) is 17.1. The first kappa shape index (κ1) is 20.0. The third-order valence-electron chi connectivity index (χ3n) is 3.98. The van der Waals surface area contributed by atoms with Crippen LogP contribution in [0.1, 0.15) is 31.9 Å². The van der Waals surface area contributed by atoms with Crippen LogP contribution in [0.25, 0.3) is 0 Å². The van der Waals surface area contributed by atoms with Crippen molar-refractivity contribution >= 4 is 39.5 Å². The number of nitrogens with one attached hydrogen (secondary N) is 1. The van der Waals surface area contributed by atoms with Crippen molar-refractivity contribution in [3.05, 3.63) is 33.8 Å². The Labute approximate surface area is 162 Å². The maximum absolute atomic E-state index is 12.3. The highest BCUT2D eigenvalue weighted by Crippen LogP contribution is 2.28. The lowest BCUT2D eigenvalue weighted by atomic mass is 10.1. The molecule has 2 rings (SSSR count). The van der Waals surface area contributed by atoms with Crippen LogP contribution in [0.2, 0.25) is 0 Å². The van der Waals surface area contributed by atoms with Gasteiger partial charge in [-0.25, -0.2) is 4.79 Å². The minimum absolute atomic E-state index is 0.0657. The number of halogens is 2. The molecule has 7 heteroatoms. The van der Waals surface area contributed by atoms with Crippen molar-refractivity contribution in [2.24, 2.45) is 0 Å². The summed E-state index contributed by atoms with van der Waals surface area (Å²) in [7, 11) is 0. The number of ether oxygens (including phenoxy) is 1. The normalized spacial score (nSPS) is 16.3. The largest absolute Gasteiger partial charge is 0.444 e. The Bertz CT molecular complexity index is 646. The van der Waals surface area contributed by atoms with Crippen LogP contribution in [0.4, 0.5) is 4.79 Å². The molecule has 2 amide bonds. The zero-order chi connectivity index (χ0) is 18.6. The van der Waals surface area contributed by atoms with E-state index in [0.29, 0.717) is 13.1 Å². The van der Waals surface area contributed by atoms with Crippen LogP contribution in [0.15, 0.2) is 22.7 Å². The van der Waals surface area contributed by atoms with E-state index in [-0.39, 0.29) is 17.8 Å². The lowest BCUT2D eigenvalue weighted by Crippen LogP contribution is -2.46. The summed E-state index contributed by atoms with van der Waals surface area (Å²) in [5.74, 6) is -0.187. The van der Waals surface area contributed by atoms with Crippen molar-refractivity contribution < 1.29 is 14.3 Å². The smallest absolute Gasteiger partial charge is 0.407 e. The van der Waals surface area contributed by atoms with E-state index in [1.54, 1.807) is 4.90 Å². The summed E-state index contributed by atoms with van der Waals surface area (Å²) in [4.78, 5) is 25.8. The molecule has 1 aromatic carbocycles. The van der Waals surface area contributed by atoms with Gasteiger partial charge in [-0.2, -0.15) is 0 Å². The molecule has 1 unspecified atom stereocenters. The van der Waals surface area contributed by atoms with Gasteiger partial charge in [-0.15, -0.1) is 11.6 Å². The van der Waals surface area contributed by atoms with Crippen molar-refractivity contribution in [3.63, 3.8) is 0 Å². The van der Waals surface area contributed by atoms with Crippen LogP contribution in [0.5, 0.6) is 0 Å². The van der Waals surface area contributed by atoms with Gasteiger partial charge in [0.25, 0.3) is 0 Å². The van der Waals surface area contributed by atoms with Crippen LogP contribution < -0.4 is 5.32 Å². The minimum atomic E-state index is -0.545. The Morgan fingerprint density at radius 1 is 1.32 bits per heavy atom. The zero-order valence-electron chi connectivity index (χ0n) is 14.8. The Morgan fingerprint density at radius 2 is 2.00 bits per heavy atom. The topological polar surface area (TPSA) is 58.6 Å². The highest BCUT2D eigenvalue weighted by atomic mass is 79.9. The molecular weight excluding hydrogens is 408 g/mol. The number of fused-ring (bicyclic) bond motifs is 1. The summed E-state index contributed by atoms with van der Waals surface area (Å²) in [6.07, 6.45) is 1.12. The average molecular weight is 432 g/mol. The van der Waals surface area contributed by atoms with E-state index < -0.39 is 11.7 Å². The summed E-state index contributed by atoms with van der Waals surface area (Å²) in [5.41, 5.74) is 1.95. The van der Waals surface area contributed by atoms with Crippen LogP contribution in [-0.2, 0) is 22.4 Å². The van der Waals surface area contributed by atoms with Gasteiger partial charge in [0, 0.05) is 23.6 Å². The highest BCUT2D eigenvalue weighted by Gasteiger charge is 2.29. The van der Waals surface area contributed by atoms with Crippen LogP contribution in [0.3, 0.4) is 0 Å². The van der Waals surface area contributed by atoms with Gasteiger partial charge in [-0.1, -0.05) is 22.0 Å². The SMILES string of the molecule is CC(C)(C)OC(=O)NCCN(C(=O)CCl)C1Cc2ccc(Br)cc2C1. The van der Waals surface area contributed by atoms with E-state index in [1.807, 2.05) is 26.8 Å². The number of carbonyl (C=O) groups excluding carboxylic acids is 2. The molecule has 1 aliphatic carbocycles. The van der Waals surface area contributed by atoms with Gasteiger partial charge < -0.3 is 15.0 Å². The molecule has 25 heavy (non-hydrogen) atoms. The Balaban J connectivity index is 1.94. The highest BCUT2D eigenvalue weighted by molar-refractivity contribution is 9.10. The summed E-state index contributed by atoms with van der Waals surface area (Å²) in [5, 5.41) is 2.70. The van der Waals surface area contributed by atoms with Gasteiger partial charge in [-0.05, 0) is 56.9 Å². The Morgan fingerprint density at radius 3 is 2.64 bits per heavy atom. The predicted octanol–water partition coefficient (Wildman–Crippen LogP) is 3.51. The van der Waals surface area contributed by atoms with E-state index in [0.717, 1.165) is 17.3 Å².